The Balaban J connectivity index is 1.61. The molecule has 2 amide bonds. The third-order valence-corrected chi connectivity index (χ3v) is 6.03. The van der Waals surface area contributed by atoms with Crippen molar-refractivity contribution in [3.63, 3.8) is 0 Å². The van der Waals surface area contributed by atoms with E-state index in [1.54, 1.807) is 12.1 Å². The molecule has 3 N–H and O–H groups in total. The van der Waals surface area contributed by atoms with Crippen LogP contribution in [0.4, 0.5) is 0 Å². The van der Waals surface area contributed by atoms with Crippen LogP contribution in [0.5, 0.6) is 0 Å². The van der Waals surface area contributed by atoms with Crippen LogP contribution in [0.2, 0.25) is 0 Å². The van der Waals surface area contributed by atoms with Crippen molar-refractivity contribution in [3.05, 3.63) is 107 Å². The van der Waals surface area contributed by atoms with Crippen LogP contribution in [-0.4, -0.2) is 29.2 Å². The average Bonchev–Trinajstić information content (AvgIpc) is 3.10. The molecule has 0 atom stereocenters. The molecule has 0 fully saturated rings. The molecule has 4 rings (SSSR count). The van der Waals surface area contributed by atoms with Crippen molar-refractivity contribution in [3.8, 4) is 0 Å². The first-order valence-corrected chi connectivity index (χ1v) is 11.6. The van der Waals surface area contributed by atoms with Gasteiger partial charge in [-0.05, 0) is 41.2 Å². The smallest absolute Gasteiger partial charge is 0.266 e. The van der Waals surface area contributed by atoms with E-state index < -0.39 is 5.54 Å². The van der Waals surface area contributed by atoms with Crippen molar-refractivity contribution in [2.45, 2.75) is 32.4 Å². The Morgan fingerprint density at radius 2 is 1.59 bits per heavy atom. The highest BCUT2D eigenvalue weighted by molar-refractivity contribution is 6.09. The van der Waals surface area contributed by atoms with Gasteiger partial charge in [-0.2, -0.15) is 0 Å². The normalized spacial score (nSPS) is 14.9. The van der Waals surface area contributed by atoms with Crippen LogP contribution in [0.1, 0.15) is 47.3 Å². The maximum Gasteiger partial charge on any atom is 0.266 e. The predicted molar refractivity (Wildman–Crippen MR) is 134 cm³/mol. The molecule has 34 heavy (non-hydrogen) atoms. The second-order valence-corrected chi connectivity index (χ2v) is 8.94. The van der Waals surface area contributed by atoms with Crippen molar-refractivity contribution in [1.29, 1.82) is 0 Å². The monoisotopic (exact) mass is 454 g/mol. The van der Waals surface area contributed by atoms with Gasteiger partial charge in [0.15, 0.2) is 11.5 Å². The first-order valence-electron chi connectivity index (χ1n) is 11.6. The maximum atomic E-state index is 13.9. The number of carbonyl (C=O) groups is 2. The van der Waals surface area contributed by atoms with Crippen molar-refractivity contribution in [2.24, 2.45) is 16.6 Å². The summed E-state index contributed by atoms with van der Waals surface area (Å²) in [7, 11) is 0. The van der Waals surface area contributed by atoms with Crippen molar-refractivity contribution < 1.29 is 9.59 Å². The van der Waals surface area contributed by atoms with E-state index in [0.717, 1.165) is 23.1 Å². The standard InChI is InChI=1S/C28H30N4O2/c1-20(2)16-17-30-25(33)22-11-9-10-21(18-22)19-32-26(34)28(31-27(32)29,23-12-5-3-6-13-23)24-14-7-4-8-15-24/h3-15,18,20H,16-17,19H2,1-2H3,(H2,29,31)(H,30,33). The molecule has 1 aliphatic rings. The molecule has 174 valence electrons. The second kappa shape index (κ2) is 9.91. The van der Waals surface area contributed by atoms with Crippen molar-refractivity contribution in [2.75, 3.05) is 6.54 Å². The highest BCUT2D eigenvalue weighted by atomic mass is 16.2. The second-order valence-electron chi connectivity index (χ2n) is 8.94. The molecule has 3 aromatic rings. The van der Waals surface area contributed by atoms with E-state index in [1.165, 1.54) is 4.90 Å². The van der Waals surface area contributed by atoms with Crippen LogP contribution in [0.15, 0.2) is 89.9 Å². The molecule has 0 saturated heterocycles. The molecule has 0 radical (unpaired) electrons. The molecular formula is C28H30N4O2. The van der Waals surface area contributed by atoms with Gasteiger partial charge in [0.2, 0.25) is 0 Å². The minimum atomic E-state index is -1.24. The van der Waals surface area contributed by atoms with Crippen LogP contribution in [0.3, 0.4) is 0 Å². The van der Waals surface area contributed by atoms with E-state index in [4.69, 9.17) is 10.7 Å². The van der Waals surface area contributed by atoms with Gasteiger partial charge in [0.25, 0.3) is 11.8 Å². The molecular weight excluding hydrogens is 424 g/mol. The fourth-order valence-corrected chi connectivity index (χ4v) is 4.20. The molecule has 0 saturated carbocycles. The van der Waals surface area contributed by atoms with Crippen LogP contribution in [0, 0.1) is 5.92 Å². The van der Waals surface area contributed by atoms with Gasteiger partial charge in [-0.1, -0.05) is 86.6 Å². The zero-order valence-corrected chi connectivity index (χ0v) is 19.6. The van der Waals surface area contributed by atoms with E-state index in [2.05, 4.69) is 19.2 Å². The van der Waals surface area contributed by atoms with E-state index in [9.17, 15) is 9.59 Å². The molecule has 6 heteroatoms. The molecule has 0 bridgehead atoms. The maximum absolute atomic E-state index is 13.9. The number of aliphatic imine (C=N–C) groups is 1. The number of hydrogen-bond donors (Lipinski definition) is 2. The fourth-order valence-electron chi connectivity index (χ4n) is 4.20. The topological polar surface area (TPSA) is 87.8 Å². The van der Waals surface area contributed by atoms with Gasteiger partial charge in [-0.15, -0.1) is 0 Å². The summed E-state index contributed by atoms with van der Waals surface area (Å²) >= 11 is 0. The Kier molecular flexibility index (Phi) is 6.77. The fraction of sp³-hybridized carbons (Fsp3) is 0.250. The van der Waals surface area contributed by atoms with Crippen LogP contribution in [-0.2, 0) is 16.9 Å². The zero-order chi connectivity index (χ0) is 24.1. The van der Waals surface area contributed by atoms with Gasteiger partial charge in [0, 0.05) is 12.1 Å². The van der Waals surface area contributed by atoms with E-state index >= 15 is 0 Å². The minimum absolute atomic E-state index is 0.125. The number of nitrogens with one attached hydrogen (secondary N) is 1. The summed E-state index contributed by atoms with van der Waals surface area (Å²) in [6.45, 7) is 5.09. The number of hydrogen-bond acceptors (Lipinski definition) is 4. The van der Waals surface area contributed by atoms with Crippen molar-refractivity contribution in [1.82, 2.24) is 10.2 Å². The number of benzene rings is 3. The molecule has 1 heterocycles. The minimum Gasteiger partial charge on any atom is -0.369 e. The van der Waals surface area contributed by atoms with Crippen LogP contribution in [0.25, 0.3) is 0 Å². The van der Waals surface area contributed by atoms with E-state index in [1.807, 2.05) is 72.8 Å². The number of carbonyl (C=O) groups excluding carboxylic acids is 2. The number of rotatable bonds is 8. The Bertz CT molecular complexity index is 1150. The molecule has 0 aromatic heterocycles. The number of nitrogens with zero attached hydrogens (tertiary/aromatic N) is 2. The third kappa shape index (κ3) is 4.57. The highest BCUT2D eigenvalue weighted by Crippen LogP contribution is 2.39. The summed E-state index contributed by atoms with van der Waals surface area (Å²) in [6.07, 6.45) is 0.918. The Morgan fingerprint density at radius 1 is 0.971 bits per heavy atom. The summed E-state index contributed by atoms with van der Waals surface area (Å²) in [5.74, 6) is 0.336. The summed E-state index contributed by atoms with van der Waals surface area (Å²) in [5.41, 5.74) is 7.98. The van der Waals surface area contributed by atoms with Crippen molar-refractivity contribution >= 4 is 17.8 Å². The molecule has 6 nitrogen and oxygen atoms in total. The summed E-state index contributed by atoms with van der Waals surface area (Å²) in [6, 6.07) is 26.2. The van der Waals surface area contributed by atoms with E-state index in [-0.39, 0.29) is 24.3 Å². The summed E-state index contributed by atoms with van der Waals surface area (Å²) in [4.78, 5) is 32.7. The first-order chi connectivity index (χ1) is 16.4. The quantitative estimate of drug-likeness (QED) is 0.538. The van der Waals surface area contributed by atoms with Gasteiger partial charge in [0.05, 0.1) is 6.54 Å². The molecule has 1 aliphatic heterocycles. The SMILES string of the molecule is CC(C)CCNC(=O)c1cccc(CN2C(=O)C(c3ccccc3)(c3ccccc3)N=C2N)c1. The largest absolute Gasteiger partial charge is 0.369 e. The van der Waals surface area contributed by atoms with Gasteiger partial charge >= 0.3 is 0 Å². The Morgan fingerprint density at radius 3 is 2.18 bits per heavy atom. The third-order valence-electron chi connectivity index (χ3n) is 6.03. The lowest BCUT2D eigenvalue weighted by Crippen LogP contribution is -2.43. The summed E-state index contributed by atoms with van der Waals surface area (Å²) < 4.78 is 0. The number of amides is 2. The lowest BCUT2D eigenvalue weighted by atomic mass is 9.83. The van der Waals surface area contributed by atoms with Gasteiger partial charge in [-0.25, -0.2) is 4.99 Å². The van der Waals surface area contributed by atoms with Crippen LogP contribution < -0.4 is 11.1 Å². The van der Waals surface area contributed by atoms with E-state index in [0.29, 0.717) is 18.0 Å². The molecule has 0 aliphatic carbocycles. The lowest BCUT2D eigenvalue weighted by Gasteiger charge is -2.27. The summed E-state index contributed by atoms with van der Waals surface area (Å²) in [5, 5.41) is 2.96. The highest BCUT2D eigenvalue weighted by Gasteiger charge is 2.50. The zero-order valence-electron chi connectivity index (χ0n) is 19.6. The first kappa shape index (κ1) is 23.2. The van der Waals surface area contributed by atoms with Gasteiger partial charge < -0.3 is 11.1 Å². The predicted octanol–water partition coefficient (Wildman–Crippen LogP) is 4.06. The lowest BCUT2D eigenvalue weighted by molar-refractivity contribution is -0.130. The molecule has 0 spiro atoms. The Labute approximate surface area is 200 Å². The molecule has 3 aromatic carbocycles. The number of guanidine groups is 1. The molecule has 0 unspecified atom stereocenters. The Hall–Kier alpha value is -3.93. The van der Waals surface area contributed by atoms with Gasteiger partial charge in [-0.3, -0.25) is 14.5 Å². The van der Waals surface area contributed by atoms with Crippen LogP contribution >= 0.6 is 0 Å². The average molecular weight is 455 g/mol. The van der Waals surface area contributed by atoms with Gasteiger partial charge in [0.1, 0.15) is 0 Å². The number of nitrogens with two attached hydrogens (primary N) is 1.